The fourth-order valence-corrected chi connectivity index (χ4v) is 1.98. The second kappa shape index (κ2) is 10.6. The fourth-order valence-electron chi connectivity index (χ4n) is 1.98. The first kappa shape index (κ1) is 22.8. The molecule has 10 nitrogen and oxygen atoms in total. The standard InChI is InChI=1S/C15H28N4O6/c1-4-7(2)11(17)14(23)18-9(5-6-10(16)21)13(22)19-12(8(3)20)15(24)25/h7-9,11-12,20H,4-6,17H2,1-3H3,(H2,16,21)(H,18,23)(H,19,22)(H,24,25)/t7-,8+,9-,11-,12-/m0/s1. The maximum atomic E-state index is 12.3. The van der Waals surface area contributed by atoms with Crippen molar-refractivity contribution < 1.29 is 29.4 Å². The molecule has 0 saturated heterocycles. The number of hydrogen-bond acceptors (Lipinski definition) is 6. The minimum absolute atomic E-state index is 0.119. The van der Waals surface area contributed by atoms with Crippen molar-refractivity contribution >= 4 is 23.7 Å². The largest absolute Gasteiger partial charge is 0.480 e. The van der Waals surface area contributed by atoms with E-state index in [1.165, 1.54) is 6.92 Å². The second-order valence-electron chi connectivity index (χ2n) is 6.04. The van der Waals surface area contributed by atoms with E-state index < -0.39 is 47.9 Å². The third-order valence-corrected chi connectivity index (χ3v) is 3.92. The summed E-state index contributed by atoms with van der Waals surface area (Å²) in [6.07, 6.45) is -1.01. The van der Waals surface area contributed by atoms with Gasteiger partial charge in [0.2, 0.25) is 17.7 Å². The topological polar surface area (TPSA) is 185 Å². The van der Waals surface area contributed by atoms with Crippen molar-refractivity contribution in [3.63, 3.8) is 0 Å². The predicted molar refractivity (Wildman–Crippen MR) is 89.0 cm³/mol. The van der Waals surface area contributed by atoms with Gasteiger partial charge in [0.15, 0.2) is 6.04 Å². The summed E-state index contributed by atoms with van der Waals surface area (Å²) in [6, 6.07) is -3.61. The Bertz CT molecular complexity index is 496. The number of nitrogens with one attached hydrogen (secondary N) is 2. The number of aliphatic hydroxyl groups excluding tert-OH is 1. The fraction of sp³-hybridized carbons (Fsp3) is 0.733. The highest BCUT2D eigenvalue weighted by atomic mass is 16.4. The SMILES string of the molecule is CC[C@H](C)[C@H](N)C(=O)N[C@@H](CCC(N)=O)C(=O)N[C@H](C(=O)O)[C@@H](C)O. The molecule has 8 N–H and O–H groups in total. The van der Waals surface area contributed by atoms with E-state index in [1.54, 1.807) is 6.92 Å². The molecule has 0 aliphatic rings. The summed E-state index contributed by atoms with van der Waals surface area (Å²) >= 11 is 0. The summed E-state index contributed by atoms with van der Waals surface area (Å²) in [5.41, 5.74) is 10.9. The lowest BCUT2D eigenvalue weighted by molar-refractivity contribution is -0.145. The number of amides is 3. The summed E-state index contributed by atoms with van der Waals surface area (Å²) in [4.78, 5) is 46.5. The molecule has 0 aromatic heterocycles. The van der Waals surface area contributed by atoms with Crippen LogP contribution in [0.4, 0.5) is 0 Å². The summed E-state index contributed by atoms with van der Waals surface area (Å²) in [5, 5.41) is 23.0. The summed E-state index contributed by atoms with van der Waals surface area (Å²) < 4.78 is 0. The van der Waals surface area contributed by atoms with Crippen LogP contribution in [-0.4, -0.2) is 58.1 Å². The average Bonchev–Trinajstić information content (AvgIpc) is 2.53. The second-order valence-corrected chi connectivity index (χ2v) is 6.04. The van der Waals surface area contributed by atoms with Gasteiger partial charge in [0.05, 0.1) is 12.1 Å². The zero-order valence-electron chi connectivity index (χ0n) is 14.7. The van der Waals surface area contributed by atoms with Crippen molar-refractivity contribution in [3.05, 3.63) is 0 Å². The van der Waals surface area contributed by atoms with E-state index in [2.05, 4.69) is 10.6 Å². The molecule has 3 amide bonds. The smallest absolute Gasteiger partial charge is 0.328 e. The van der Waals surface area contributed by atoms with Crippen molar-refractivity contribution in [2.24, 2.45) is 17.4 Å². The van der Waals surface area contributed by atoms with Crippen LogP contribution in [0.3, 0.4) is 0 Å². The van der Waals surface area contributed by atoms with Gasteiger partial charge >= 0.3 is 5.97 Å². The van der Waals surface area contributed by atoms with Crippen molar-refractivity contribution in [2.45, 2.75) is 64.3 Å². The van der Waals surface area contributed by atoms with Gasteiger partial charge in [0.1, 0.15) is 6.04 Å². The number of primary amides is 1. The molecule has 0 heterocycles. The molecule has 0 aliphatic carbocycles. The first-order valence-electron chi connectivity index (χ1n) is 8.06. The highest BCUT2D eigenvalue weighted by molar-refractivity contribution is 5.92. The van der Waals surface area contributed by atoms with E-state index in [9.17, 15) is 24.3 Å². The van der Waals surface area contributed by atoms with Gasteiger partial charge in [0.25, 0.3) is 0 Å². The van der Waals surface area contributed by atoms with Crippen LogP contribution in [0.15, 0.2) is 0 Å². The Kier molecular flexibility index (Phi) is 9.69. The Morgan fingerprint density at radius 1 is 1.08 bits per heavy atom. The van der Waals surface area contributed by atoms with Crippen LogP contribution in [0.25, 0.3) is 0 Å². The monoisotopic (exact) mass is 360 g/mol. The molecular weight excluding hydrogens is 332 g/mol. The number of carboxylic acid groups (broad SMARTS) is 1. The van der Waals surface area contributed by atoms with Crippen LogP contribution < -0.4 is 22.1 Å². The Morgan fingerprint density at radius 3 is 2.04 bits per heavy atom. The van der Waals surface area contributed by atoms with E-state index in [-0.39, 0.29) is 18.8 Å². The number of carbonyl (C=O) groups excluding carboxylic acids is 3. The minimum atomic E-state index is -1.55. The third-order valence-electron chi connectivity index (χ3n) is 3.92. The summed E-state index contributed by atoms with van der Waals surface area (Å²) in [5.74, 6) is -3.69. The molecule has 0 aromatic carbocycles. The van der Waals surface area contributed by atoms with Gasteiger partial charge in [-0.05, 0) is 19.3 Å². The van der Waals surface area contributed by atoms with Gasteiger partial charge in [-0.3, -0.25) is 14.4 Å². The first-order chi connectivity index (χ1) is 11.5. The molecule has 144 valence electrons. The zero-order valence-corrected chi connectivity index (χ0v) is 14.7. The highest BCUT2D eigenvalue weighted by Crippen LogP contribution is 2.07. The van der Waals surface area contributed by atoms with Crippen LogP contribution in [0.2, 0.25) is 0 Å². The lowest BCUT2D eigenvalue weighted by Crippen LogP contribution is -2.57. The van der Waals surface area contributed by atoms with Gasteiger partial charge in [-0.25, -0.2) is 4.79 Å². The minimum Gasteiger partial charge on any atom is -0.480 e. The summed E-state index contributed by atoms with van der Waals surface area (Å²) in [7, 11) is 0. The van der Waals surface area contributed by atoms with E-state index >= 15 is 0 Å². The van der Waals surface area contributed by atoms with Crippen molar-refractivity contribution in [1.82, 2.24) is 10.6 Å². The number of nitrogens with two attached hydrogens (primary N) is 2. The number of aliphatic hydroxyl groups is 1. The Morgan fingerprint density at radius 2 is 1.64 bits per heavy atom. The van der Waals surface area contributed by atoms with Crippen LogP contribution in [0.1, 0.15) is 40.0 Å². The van der Waals surface area contributed by atoms with Crippen molar-refractivity contribution in [3.8, 4) is 0 Å². The van der Waals surface area contributed by atoms with Gasteiger partial charge in [0, 0.05) is 6.42 Å². The molecule has 10 heteroatoms. The number of aliphatic carboxylic acids is 1. The number of carboxylic acids is 1. The average molecular weight is 360 g/mol. The molecule has 5 atom stereocenters. The van der Waals surface area contributed by atoms with Gasteiger partial charge in [-0.1, -0.05) is 20.3 Å². The molecule has 25 heavy (non-hydrogen) atoms. The van der Waals surface area contributed by atoms with Crippen LogP contribution in [0.5, 0.6) is 0 Å². The highest BCUT2D eigenvalue weighted by Gasteiger charge is 2.31. The molecule has 0 aromatic rings. The Labute approximate surface area is 146 Å². The molecule has 0 radical (unpaired) electrons. The molecule has 0 saturated carbocycles. The van der Waals surface area contributed by atoms with Gasteiger partial charge < -0.3 is 32.3 Å². The van der Waals surface area contributed by atoms with E-state index in [0.717, 1.165) is 0 Å². The lowest BCUT2D eigenvalue weighted by atomic mass is 9.98. The van der Waals surface area contributed by atoms with E-state index in [0.29, 0.717) is 6.42 Å². The third kappa shape index (κ3) is 7.94. The van der Waals surface area contributed by atoms with Crippen molar-refractivity contribution in [2.75, 3.05) is 0 Å². The Balaban J connectivity index is 5.14. The quantitative estimate of drug-likeness (QED) is 0.247. The maximum Gasteiger partial charge on any atom is 0.328 e. The maximum absolute atomic E-state index is 12.3. The number of carbonyl (C=O) groups is 4. The van der Waals surface area contributed by atoms with Crippen LogP contribution in [0, 0.1) is 5.92 Å². The molecule has 0 aliphatic heterocycles. The Hall–Kier alpha value is -2.20. The van der Waals surface area contributed by atoms with Gasteiger partial charge in [-0.15, -0.1) is 0 Å². The zero-order chi connectivity index (χ0) is 19.7. The predicted octanol–water partition coefficient (Wildman–Crippen LogP) is -1.94. The van der Waals surface area contributed by atoms with Crippen LogP contribution >= 0.6 is 0 Å². The van der Waals surface area contributed by atoms with Gasteiger partial charge in [-0.2, -0.15) is 0 Å². The lowest BCUT2D eigenvalue weighted by Gasteiger charge is -2.25. The van der Waals surface area contributed by atoms with Crippen LogP contribution in [-0.2, 0) is 19.2 Å². The normalized spacial score (nSPS) is 16.8. The van der Waals surface area contributed by atoms with Crippen molar-refractivity contribution in [1.29, 1.82) is 0 Å². The molecule has 0 bridgehead atoms. The number of hydrogen-bond donors (Lipinski definition) is 6. The van der Waals surface area contributed by atoms with E-state index in [4.69, 9.17) is 16.6 Å². The molecule has 0 rings (SSSR count). The molecule has 0 spiro atoms. The first-order valence-corrected chi connectivity index (χ1v) is 8.06. The molecule has 0 unspecified atom stereocenters. The number of rotatable bonds is 11. The molecular formula is C15H28N4O6. The van der Waals surface area contributed by atoms with E-state index in [1.807, 2.05) is 6.92 Å². The molecule has 0 fully saturated rings. The summed E-state index contributed by atoms with van der Waals surface area (Å²) in [6.45, 7) is 4.83.